The van der Waals surface area contributed by atoms with Crippen LogP contribution in [0, 0.1) is 6.92 Å². The van der Waals surface area contributed by atoms with Crippen LogP contribution in [0.15, 0.2) is 46.9 Å². The molecule has 3 aromatic rings. The number of halogens is 1. The summed E-state index contributed by atoms with van der Waals surface area (Å²) in [5.41, 5.74) is 2.81. The van der Waals surface area contributed by atoms with Gasteiger partial charge in [-0.3, -0.25) is 0 Å². The van der Waals surface area contributed by atoms with Gasteiger partial charge in [0.15, 0.2) is 0 Å². The molecule has 0 aliphatic rings. The standard InChI is InChI=1S/C17H12BrNO3/c1-9-2-4-10(5-3-9)14-8-13(17(21)22)12-6-11(18)7-15(20)16(12)19-14/h2-8,20H,1H3,(H,21,22). The van der Waals surface area contributed by atoms with Gasteiger partial charge in [-0.2, -0.15) is 0 Å². The zero-order valence-electron chi connectivity index (χ0n) is 11.7. The summed E-state index contributed by atoms with van der Waals surface area (Å²) in [7, 11) is 0. The van der Waals surface area contributed by atoms with Crippen molar-refractivity contribution < 1.29 is 15.0 Å². The topological polar surface area (TPSA) is 70.4 Å². The SMILES string of the molecule is Cc1ccc(-c2cc(C(=O)O)c3cc(Br)cc(O)c3n2)cc1. The second-order valence-electron chi connectivity index (χ2n) is 5.05. The molecule has 3 rings (SSSR count). The Kier molecular flexibility index (Phi) is 3.58. The first-order chi connectivity index (χ1) is 10.5. The summed E-state index contributed by atoms with van der Waals surface area (Å²) in [5, 5.41) is 19.9. The highest BCUT2D eigenvalue weighted by atomic mass is 79.9. The summed E-state index contributed by atoms with van der Waals surface area (Å²) in [4.78, 5) is 16.0. The Morgan fingerprint density at radius 1 is 1.14 bits per heavy atom. The van der Waals surface area contributed by atoms with E-state index in [2.05, 4.69) is 20.9 Å². The maximum absolute atomic E-state index is 11.6. The number of aromatic hydroxyl groups is 1. The number of nitrogens with zero attached hydrogens (tertiary/aromatic N) is 1. The van der Waals surface area contributed by atoms with Crippen LogP contribution in [0.2, 0.25) is 0 Å². The molecule has 22 heavy (non-hydrogen) atoms. The van der Waals surface area contributed by atoms with Crippen LogP contribution in [0.4, 0.5) is 0 Å². The third-order valence-corrected chi connectivity index (χ3v) is 3.89. The molecular formula is C17H12BrNO3. The molecule has 5 heteroatoms. The molecule has 0 atom stereocenters. The van der Waals surface area contributed by atoms with E-state index in [0.717, 1.165) is 11.1 Å². The van der Waals surface area contributed by atoms with Gasteiger partial charge in [0.25, 0.3) is 0 Å². The summed E-state index contributed by atoms with van der Waals surface area (Å²) in [6.45, 7) is 1.98. The molecular weight excluding hydrogens is 346 g/mol. The number of carboxylic acid groups (broad SMARTS) is 1. The quantitative estimate of drug-likeness (QED) is 0.713. The number of aryl methyl sites for hydroxylation is 1. The number of aromatic carboxylic acids is 1. The van der Waals surface area contributed by atoms with E-state index < -0.39 is 5.97 Å². The lowest BCUT2D eigenvalue weighted by Gasteiger charge is -2.09. The summed E-state index contributed by atoms with van der Waals surface area (Å²) < 4.78 is 0.602. The molecule has 110 valence electrons. The van der Waals surface area contributed by atoms with Crippen LogP contribution in [0.25, 0.3) is 22.2 Å². The van der Waals surface area contributed by atoms with Gasteiger partial charge in [0.1, 0.15) is 11.3 Å². The summed E-state index contributed by atoms with van der Waals surface area (Å²) in [6, 6.07) is 12.3. The van der Waals surface area contributed by atoms with E-state index in [0.29, 0.717) is 15.6 Å². The van der Waals surface area contributed by atoms with Gasteiger partial charge >= 0.3 is 5.97 Å². The number of phenolic OH excluding ortho intramolecular Hbond substituents is 1. The van der Waals surface area contributed by atoms with E-state index in [4.69, 9.17) is 0 Å². The highest BCUT2D eigenvalue weighted by Crippen LogP contribution is 2.33. The average Bonchev–Trinajstić information content (AvgIpc) is 2.47. The molecule has 0 saturated carbocycles. The molecule has 0 aliphatic carbocycles. The van der Waals surface area contributed by atoms with Crippen molar-refractivity contribution in [1.82, 2.24) is 4.98 Å². The van der Waals surface area contributed by atoms with E-state index in [9.17, 15) is 15.0 Å². The number of hydrogen-bond acceptors (Lipinski definition) is 3. The maximum Gasteiger partial charge on any atom is 0.336 e. The number of phenols is 1. The molecule has 0 radical (unpaired) electrons. The van der Waals surface area contributed by atoms with Gasteiger partial charge in [-0.05, 0) is 25.1 Å². The molecule has 0 unspecified atom stereocenters. The molecule has 0 amide bonds. The number of benzene rings is 2. The van der Waals surface area contributed by atoms with Crippen molar-refractivity contribution in [3.05, 3.63) is 58.1 Å². The smallest absolute Gasteiger partial charge is 0.336 e. The fourth-order valence-electron chi connectivity index (χ4n) is 2.32. The van der Waals surface area contributed by atoms with Crippen LogP contribution in [0.1, 0.15) is 15.9 Å². The second-order valence-corrected chi connectivity index (χ2v) is 5.96. The molecule has 2 aromatic carbocycles. The molecule has 0 fully saturated rings. The molecule has 2 N–H and O–H groups in total. The van der Waals surface area contributed by atoms with Gasteiger partial charge in [0, 0.05) is 15.4 Å². The molecule has 4 nitrogen and oxygen atoms in total. The van der Waals surface area contributed by atoms with Crippen LogP contribution in [0.3, 0.4) is 0 Å². The van der Waals surface area contributed by atoms with E-state index in [-0.39, 0.29) is 16.8 Å². The highest BCUT2D eigenvalue weighted by Gasteiger charge is 2.16. The molecule has 0 aliphatic heterocycles. The van der Waals surface area contributed by atoms with E-state index in [1.807, 2.05) is 31.2 Å². The van der Waals surface area contributed by atoms with E-state index in [1.165, 1.54) is 12.1 Å². The van der Waals surface area contributed by atoms with E-state index >= 15 is 0 Å². The third kappa shape index (κ3) is 2.55. The van der Waals surface area contributed by atoms with Gasteiger partial charge in [-0.25, -0.2) is 9.78 Å². The fourth-order valence-corrected chi connectivity index (χ4v) is 2.77. The van der Waals surface area contributed by atoms with Crippen LogP contribution in [-0.4, -0.2) is 21.2 Å². The number of hydrogen-bond donors (Lipinski definition) is 2. The van der Waals surface area contributed by atoms with Gasteiger partial charge in [-0.15, -0.1) is 0 Å². The Balaban J connectivity index is 2.34. The Morgan fingerprint density at radius 3 is 2.45 bits per heavy atom. The number of aromatic nitrogens is 1. The normalized spacial score (nSPS) is 10.8. The summed E-state index contributed by atoms with van der Waals surface area (Å²) in [5.74, 6) is -1.11. The zero-order valence-corrected chi connectivity index (χ0v) is 13.3. The molecule has 0 saturated heterocycles. The number of carboxylic acids is 1. The molecule has 1 aromatic heterocycles. The van der Waals surface area contributed by atoms with Gasteiger partial charge in [0.2, 0.25) is 0 Å². The fraction of sp³-hybridized carbons (Fsp3) is 0.0588. The second kappa shape index (κ2) is 5.42. The number of rotatable bonds is 2. The first-order valence-corrected chi connectivity index (χ1v) is 7.38. The molecule has 1 heterocycles. The first kappa shape index (κ1) is 14.5. The van der Waals surface area contributed by atoms with Crippen LogP contribution >= 0.6 is 15.9 Å². The number of pyridine rings is 1. The van der Waals surface area contributed by atoms with Crippen molar-refractivity contribution in [2.24, 2.45) is 0 Å². The zero-order chi connectivity index (χ0) is 15.9. The lowest BCUT2D eigenvalue weighted by atomic mass is 10.0. The minimum absolute atomic E-state index is 0.0548. The predicted octanol–water partition coefficient (Wildman–Crippen LogP) is 4.38. The van der Waals surface area contributed by atoms with E-state index in [1.54, 1.807) is 6.07 Å². The Morgan fingerprint density at radius 2 is 1.82 bits per heavy atom. The highest BCUT2D eigenvalue weighted by molar-refractivity contribution is 9.10. The third-order valence-electron chi connectivity index (χ3n) is 3.44. The first-order valence-electron chi connectivity index (χ1n) is 6.59. The predicted molar refractivity (Wildman–Crippen MR) is 88.2 cm³/mol. The van der Waals surface area contributed by atoms with Crippen LogP contribution in [0.5, 0.6) is 5.75 Å². The lowest BCUT2D eigenvalue weighted by molar-refractivity contribution is 0.0699. The van der Waals surface area contributed by atoms with Crippen molar-refractivity contribution >= 4 is 32.8 Å². The summed E-state index contributed by atoms with van der Waals surface area (Å²) in [6.07, 6.45) is 0. The minimum atomic E-state index is -1.06. The molecule has 0 spiro atoms. The minimum Gasteiger partial charge on any atom is -0.506 e. The van der Waals surface area contributed by atoms with Gasteiger partial charge in [0.05, 0.1) is 11.3 Å². The molecule has 0 bridgehead atoms. The van der Waals surface area contributed by atoms with Crippen molar-refractivity contribution in [3.8, 4) is 17.0 Å². The van der Waals surface area contributed by atoms with Crippen LogP contribution in [-0.2, 0) is 0 Å². The lowest BCUT2D eigenvalue weighted by Crippen LogP contribution is -2.00. The van der Waals surface area contributed by atoms with Crippen LogP contribution < -0.4 is 0 Å². The monoisotopic (exact) mass is 357 g/mol. The largest absolute Gasteiger partial charge is 0.506 e. The van der Waals surface area contributed by atoms with Crippen molar-refractivity contribution in [3.63, 3.8) is 0 Å². The number of carbonyl (C=O) groups is 1. The summed E-state index contributed by atoms with van der Waals surface area (Å²) >= 11 is 3.26. The average molecular weight is 358 g/mol. The Bertz CT molecular complexity index is 889. The van der Waals surface area contributed by atoms with Crippen molar-refractivity contribution in [2.45, 2.75) is 6.92 Å². The maximum atomic E-state index is 11.6. The number of fused-ring (bicyclic) bond motifs is 1. The van der Waals surface area contributed by atoms with Gasteiger partial charge in [-0.1, -0.05) is 45.8 Å². The Labute approximate surface area is 135 Å². The Hall–Kier alpha value is -2.40. The van der Waals surface area contributed by atoms with Crippen molar-refractivity contribution in [2.75, 3.05) is 0 Å². The van der Waals surface area contributed by atoms with Gasteiger partial charge < -0.3 is 10.2 Å². The van der Waals surface area contributed by atoms with Crippen molar-refractivity contribution in [1.29, 1.82) is 0 Å².